The van der Waals surface area contributed by atoms with Gasteiger partial charge in [-0.3, -0.25) is 4.90 Å². The number of benzene rings is 1. The van der Waals surface area contributed by atoms with Gasteiger partial charge in [-0.1, -0.05) is 12.1 Å². The Morgan fingerprint density at radius 3 is 2.50 bits per heavy atom. The van der Waals surface area contributed by atoms with Gasteiger partial charge in [-0.05, 0) is 50.9 Å². The Morgan fingerprint density at radius 1 is 1.25 bits per heavy atom. The predicted octanol–water partition coefficient (Wildman–Crippen LogP) is 2.17. The first-order valence-electron chi connectivity index (χ1n) is 7.37. The predicted molar refractivity (Wildman–Crippen MR) is 79.3 cm³/mol. The molecule has 1 aromatic rings. The molecule has 0 amide bonds. The number of para-hydroxylation sites is 2. The number of aliphatic hydroxyl groups is 1. The van der Waals surface area contributed by atoms with Crippen molar-refractivity contribution < 1.29 is 14.6 Å². The average Bonchev–Trinajstić information content (AvgIpc) is 2.48. The van der Waals surface area contributed by atoms with Crippen LogP contribution in [0, 0.1) is 5.92 Å². The molecule has 112 valence electrons. The third kappa shape index (κ3) is 4.12. The van der Waals surface area contributed by atoms with E-state index in [1.165, 1.54) is 0 Å². The van der Waals surface area contributed by atoms with Gasteiger partial charge in [0.2, 0.25) is 0 Å². The van der Waals surface area contributed by atoms with Gasteiger partial charge >= 0.3 is 0 Å². The van der Waals surface area contributed by atoms with Gasteiger partial charge < -0.3 is 14.6 Å². The molecule has 0 saturated carbocycles. The van der Waals surface area contributed by atoms with Gasteiger partial charge in [-0.25, -0.2) is 0 Å². The zero-order chi connectivity index (χ0) is 14.4. The van der Waals surface area contributed by atoms with Crippen molar-refractivity contribution in [1.29, 1.82) is 0 Å². The van der Waals surface area contributed by atoms with Crippen LogP contribution in [-0.4, -0.2) is 49.5 Å². The molecule has 1 atom stereocenters. The lowest BCUT2D eigenvalue weighted by molar-refractivity contribution is 0.0670. The number of likely N-dealkylation sites (tertiary alicyclic amines) is 1. The van der Waals surface area contributed by atoms with E-state index in [-0.39, 0.29) is 6.10 Å². The molecule has 20 heavy (non-hydrogen) atoms. The van der Waals surface area contributed by atoms with Crippen LogP contribution in [0.3, 0.4) is 0 Å². The van der Waals surface area contributed by atoms with Gasteiger partial charge in [-0.2, -0.15) is 0 Å². The van der Waals surface area contributed by atoms with Gasteiger partial charge in [0.25, 0.3) is 0 Å². The van der Waals surface area contributed by atoms with E-state index >= 15 is 0 Å². The third-order valence-electron chi connectivity index (χ3n) is 4.05. The molecule has 1 N–H and O–H groups in total. The lowest BCUT2D eigenvalue weighted by atomic mass is 9.92. The highest BCUT2D eigenvalue weighted by atomic mass is 16.5. The Morgan fingerprint density at radius 2 is 1.90 bits per heavy atom. The van der Waals surface area contributed by atoms with Crippen molar-refractivity contribution in [2.75, 3.05) is 33.4 Å². The Kier molecular flexibility index (Phi) is 5.68. The molecule has 0 spiro atoms. The maximum absolute atomic E-state index is 9.59. The first-order valence-corrected chi connectivity index (χ1v) is 7.37. The second-order valence-electron chi connectivity index (χ2n) is 5.42. The number of aliphatic hydroxyl groups excluding tert-OH is 1. The summed E-state index contributed by atoms with van der Waals surface area (Å²) < 4.78 is 11.1. The molecule has 0 bridgehead atoms. The smallest absolute Gasteiger partial charge is 0.161 e. The van der Waals surface area contributed by atoms with Gasteiger partial charge in [0.05, 0.1) is 13.2 Å². The minimum Gasteiger partial charge on any atom is -0.493 e. The van der Waals surface area contributed by atoms with Crippen molar-refractivity contribution in [3.63, 3.8) is 0 Å². The lowest BCUT2D eigenvalue weighted by Crippen LogP contribution is -2.39. The maximum atomic E-state index is 9.59. The van der Waals surface area contributed by atoms with E-state index < -0.39 is 0 Å². The molecule has 1 unspecified atom stereocenters. The highest BCUT2D eigenvalue weighted by Gasteiger charge is 2.22. The van der Waals surface area contributed by atoms with E-state index in [2.05, 4.69) is 4.90 Å². The Bertz CT molecular complexity index is 400. The monoisotopic (exact) mass is 279 g/mol. The van der Waals surface area contributed by atoms with Crippen molar-refractivity contribution >= 4 is 0 Å². The molecular weight excluding hydrogens is 254 g/mol. The van der Waals surface area contributed by atoms with Crippen LogP contribution in [0.15, 0.2) is 24.3 Å². The Labute approximate surface area is 121 Å². The zero-order valence-corrected chi connectivity index (χ0v) is 12.4. The SMILES string of the molecule is COc1ccccc1OCCN1CCC(C(C)O)CC1. The fourth-order valence-electron chi connectivity index (χ4n) is 2.68. The lowest BCUT2D eigenvalue weighted by Gasteiger charge is -2.33. The minimum atomic E-state index is -0.179. The fraction of sp³-hybridized carbons (Fsp3) is 0.625. The van der Waals surface area contributed by atoms with Crippen LogP contribution in [0.25, 0.3) is 0 Å². The number of piperidine rings is 1. The van der Waals surface area contributed by atoms with Crippen LogP contribution < -0.4 is 9.47 Å². The zero-order valence-electron chi connectivity index (χ0n) is 12.4. The van der Waals surface area contributed by atoms with Crippen LogP contribution in [0.1, 0.15) is 19.8 Å². The Hall–Kier alpha value is -1.26. The number of hydrogen-bond acceptors (Lipinski definition) is 4. The topological polar surface area (TPSA) is 41.9 Å². The van der Waals surface area contributed by atoms with Crippen molar-refractivity contribution in [1.82, 2.24) is 4.90 Å². The summed E-state index contributed by atoms with van der Waals surface area (Å²) in [6.07, 6.45) is 1.97. The molecule has 1 fully saturated rings. The summed E-state index contributed by atoms with van der Waals surface area (Å²) in [7, 11) is 1.66. The molecule has 4 heteroatoms. The number of hydrogen-bond donors (Lipinski definition) is 1. The van der Waals surface area contributed by atoms with Crippen LogP contribution in [0.2, 0.25) is 0 Å². The first kappa shape index (κ1) is 15.1. The summed E-state index contributed by atoms with van der Waals surface area (Å²) in [6.45, 7) is 5.57. The van der Waals surface area contributed by atoms with Gasteiger partial charge in [-0.15, -0.1) is 0 Å². The molecule has 0 radical (unpaired) electrons. The second kappa shape index (κ2) is 7.50. The van der Waals surface area contributed by atoms with E-state index in [0.717, 1.165) is 44.0 Å². The number of nitrogens with zero attached hydrogens (tertiary/aromatic N) is 1. The molecule has 0 aliphatic carbocycles. The minimum absolute atomic E-state index is 0.179. The van der Waals surface area contributed by atoms with Crippen LogP contribution in [0.5, 0.6) is 11.5 Å². The van der Waals surface area contributed by atoms with Crippen LogP contribution in [0.4, 0.5) is 0 Å². The molecule has 2 rings (SSSR count). The van der Waals surface area contributed by atoms with Gasteiger partial charge in [0.15, 0.2) is 11.5 Å². The molecule has 1 saturated heterocycles. The van der Waals surface area contributed by atoms with Crippen molar-refractivity contribution in [3.05, 3.63) is 24.3 Å². The van der Waals surface area contributed by atoms with Crippen molar-refractivity contribution in [2.24, 2.45) is 5.92 Å². The quantitative estimate of drug-likeness (QED) is 0.866. The fourth-order valence-corrected chi connectivity index (χ4v) is 2.68. The van der Waals surface area contributed by atoms with Crippen LogP contribution >= 0.6 is 0 Å². The molecular formula is C16H25NO3. The average molecular weight is 279 g/mol. The first-order chi connectivity index (χ1) is 9.70. The van der Waals surface area contributed by atoms with Gasteiger partial charge in [0.1, 0.15) is 6.61 Å². The normalized spacial score (nSPS) is 18.8. The molecule has 1 aliphatic heterocycles. The molecule has 0 aromatic heterocycles. The third-order valence-corrected chi connectivity index (χ3v) is 4.05. The van der Waals surface area contributed by atoms with E-state index in [1.807, 2.05) is 31.2 Å². The molecule has 1 heterocycles. The largest absolute Gasteiger partial charge is 0.493 e. The standard InChI is InChI=1S/C16H25NO3/c1-13(18)14-7-9-17(10-8-14)11-12-20-16-6-4-3-5-15(16)19-2/h3-6,13-14,18H,7-12H2,1-2H3. The molecule has 1 aromatic carbocycles. The number of methoxy groups -OCH3 is 1. The summed E-state index contributed by atoms with van der Waals surface area (Å²) in [4.78, 5) is 2.40. The summed E-state index contributed by atoms with van der Waals surface area (Å²) in [5.41, 5.74) is 0. The summed E-state index contributed by atoms with van der Waals surface area (Å²) >= 11 is 0. The summed E-state index contributed by atoms with van der Waals surface area (Å²) in [5, 5.41) is 9.59. The van der Waals surface area contributed by atoms with E-state index in [4.69, 9.17) is 9.47 Å². The molecule has 4 nitrogen and oxygen atoms in total. The van der Waals surface area contributed by atoms with Crippen LogP contribution in [-0.2, 0) is 0 Å². The van der Waals surface area contributed by atoms with Crippen molar-refractivity contribution in [3.8, 4) is 11.5 Å². The maximum Gasteiger partial charge on any atom is 0.161 e. The number of rotatable bonds is 6. The van der Waals surface area contributed by atoms with Crippen molar-refractivity contribution in [2.45, 2.75) is 25.9 Å². The Balaban J connectivity index is 1.72. The van der Waals surface area contributed by atoms with E-state index in [9.17, 15) is 5.11 Å². The highest BCUT2D eigenvalue weighted by molar-refractivity contribution is 5.39. The summed E-state index contributed by atoms with van der Waals surface area (Å²) in [6, 6.07) is 7.72. The summed E-state index contributed by atoms with van der Waals surface area (Å²) in [5.74, 6) is 2.04. The second-order valence-corrected chi connectivity index (χ2v) is 5.42. The van der Waals surface area contributed by atoms with E-state index in [0.29, 0.717) is 12.5 Å². The van der Waals surface area contributed by atoms with Gasteiger partial charge in [0, 0.05) is 6.54 Å². The van der Waals surface area contributed by atoms with E-state index in [1.54, 1.807) is 7.11 Å². The molecule has 1 aliphatic rings. The number of ether oxygens (including phenoxy) is 2. The highest BCUT2D eigenvalue weighted by Crippen LogP contribution is 2.26.